The quantitative estimate of drug-likeness (QED) is 0.579. The van der Waals surface area contributed by atoms with Crippen molar-refractivity contribution in [1.29, 1.82) is 0 Å². The molecule has 0 aliphatic carbocycles. The molecule has 1 rings (SSSR count). The van der Waals surface area contributed by atoms with Crippen LogP contribution >= 0.6 is 15.9 Å². The molecular formula is C7H8BBr. The Bertz CT molecular complexity index is 200. The van der Waals surface area contributed by atoms with E-state index in [9.17, 15) is 0 Å². The fraction of sp³-hybridized carbons (Fsp3) is 0.286. The van der Waals surface area contributed by atoms with Gasteiger partial charge in [-0.05, 0) is 0 Å². The molecule has 1 heterocycles. The van der Waals surface area contributed by atoms with Gasteiger partial charge in [0.1, 0.15) is 0 Å². The first-order chi connectivity index (χ1) is 4.22. The van der Waals surface area contributed by atoms with Crippen LogP contribution in [-0.4, -0.2) is 6.91 Å². The van der Waals surface area contributed by atoms with Crippen LogP contribution in [0.4, 0.5) is 0 Å². The number of hydrogen-bond donors (Lipinski definition) is 0. The van der Waals surface area contributed by atoms with Crippen molar-refractivity contribution in [3.8, 4) is 0 Å². The summed E-state index contributed by atoms with van der Waals surface area (Å²) < 4.78 is 1.20. The molecule has 0 spiro atoms. The SMILES string of the molecule is Cc1ccbc(Br)c1C. The normalized spacial score (nSPS) is 9.22. The summed E-state index contributed by atoms with van der Waals surface area (Å²) in [5.74, 6) is 2.05. The molecule has 0 atom stereocenters. The van der Waals surface area contributed by atoms with E-state index in [1.165, 1.54) is 15.5 Å². The zero-order valence-corrected chi connectivity index (χ0v) is 7.20. The van der Waals surface area contributed by atoms with Crippen LogP contribution in [0.1, 0.15) is 11.1 Å². The second-order valence-corrected chi connectivity index (χ2v) is 3.04. The molecule has 9 heavy (non-hydrogen) atoms. The Morgan fingerprint density at radius 3 is 2.56 bits per heavy atom. The van der Waals surface area contributed by atoms with E-state index >= 15 is 0 Å². The van der Waals surface area contributed by atoms with E-state index in [0.717, 1.165) is 0 Å². The monoisotopic (exact) mass is 182 g/mol. The summed E-state index contributed by atoms with van der Waals surface area (Å²) in [5, 5.41) is 0. The molecule has 46 valence electrons. The topological polar surface area (TPSA) is 0 Å². The first kappa shape index (κ1) is 7.01. The van der Waals surface area contributed by atoms with Crippen molar-refractivity contribution in [2.45, 2.75) is 13.8 Å². The fourth-order valence-electron chi connectivity index (χ4n) is 0.715. The molecule has 0 bridgehead atoms. The van der Waals surface area contributed by atoms with Gasteiger partial charge in [-0.1, -0.05) is 0 Å². The van der Waals surface area contributed by atoms with Crippen LogP contribution < -0.4 is 0 Å². The van der Waals surface area contributed by atoms with Gasteiger partial charge in [0.15, 0.2) is 0 Å². The van der Waals surface area contributed by atoms with E-state index in [1.807, 2.05) is 5.96 Å². The predicted octanol–water partition coefficient (Wildman–Crippen LogP) is 2.40. The van der Waals surface area contributed by atoms with E-state index in [1.54, 1.807) is 0 Å². The average molecular weight is 183 g/mol. The van der Waals surface area contributed by atoms with Crippen molar-refractivity contribution >= 4 is 22.8 Å². The van der Waals surface area contributed by atoms with Crippen molar-refractivity contribution in [2.24, 2.45) is 0 Å². The van der Waals surface area contributed by atoms with Gasteiger partial charge >= 0.3 is 64.2 Å². The molecule has 0 unspecified atom stereocenters. The van der Waals surface area contributed by atoms with E-state index < -0.39 is 0 Å². The molecule has 1 aromatic rings. The molecule has 0 aliphatic heterocycles. The van der Waals surface area contributed by atoms with E-state index in [4.69, 9.17) is 0 Å². The van der Waals surface area contributed by atoms with Crippen molar-refractivity contribution in [1.82, 2.24) is 0 Å². The number of aryl methyl sites for hydroxylation is 1. The first-order valence-electron chi connectivity index (χ1n) is 2.93. The van der Waals surface area contributed by atoms with Crippen LogP contribution in [0.3, 0.4) is 0 Å². The van der Waals surface area contributed by atoms with Crippen LogP contribution in [0.5, 0.6) is 0 Å². The molecule has 2 heteroatoms. The van der Waals surface area contributed by atoms with Crippen LogP contribution in [-0.2, 0) is 0 Å². The number of rotatable bonds is 0. The third-order valence-corrected chi connectivity index (χ3v) is 2.40. The Labute approximate surface area is 64.6 Å². The van der Waals surface area contributed by atoms with Gasteiger partial charge in [-0.15, -0.1) is 0 Å². The molecule has 0 amide bonds. The Morgan fingerprint density at radius 1 is 1.44 bits per heavy atom. The molecule has 0 aliphatic rings. The van der Waals surface area contributed by atoms with Gasteiger partial charge in [0.25, 0.3) is 0 Å². The number of halogens is 1. The summed E-state index contributed by atoms with van der Waals surface area (Å²) in [7, 11) is 0. The number of hydrogen-bond acceptors (Lipinski definition) is 0. The summed E-state index contributed by atoms with van der Waals surface area (Å²) in [6, 6.07) is 2.11. The van der Waals surface area contributed by atoms with Gasteiger partial charge in [-0.2, -0.15) is 0 Å². The third-order valence-electron chi connectivity index (χ3n) is 1.54. The van der Waals surface area contributed by atoms with Crippen LogP contribution in [0, 0.1) is 13.8 Å². The Hall–Kier alpha value is -0.105. The van der Waals surface area contributed by atoms with Gasteiger partial charge in [0, 0.05) is 0 Å². The van der Waals surface area contributed by atoms with Crippen LogP contribution in [0.2, 0.25) is 0 Å². The van der Waals surface area contributed by atoms with Crippen molar-refractivity contribution in [3.63, 3.8) is 0 Å². The van der Waals surface area contributed by atoms with Gasteiger partial charge in [-0.25, -0.2) is 0 Å². The molecule has 0 radical (unpaired) electrons. The molecule has 0 N–H and O–H groups in total. The van der Waals surface area contributed by atoms with Gasteiger partial charge in [0.2, 0.25) is 0 Å². The molecule has 0 nitrogen and oxygen atoms in total. The first-order valence-corrected chi connectivity index (χ1v) is 3.73. The third kappa shape index (κ3) is 1.42. The minimum atomic E-state index is 1.20. The summed E-state index contributed by atoms with van der Waals surface area (Å²) in [6.45, 7) is 6.28. The molecule has 0 fully saturated rings. The molecular weight excluding hydrogens is 175 g/mol. The average Bonchev–Trinajstić information content (AvgIpc) is 1.83. The van der Waals surface area contributed by atoms with E-state index in [2.05, 4.69) is 42.8 Å². The maximum absolute atomic E-state index is 3.45. The molecule has 0 saturated heterocycles. The molecule has 0 aromatic carbocycles. The summed E-state index contributed by atoms with van der Waals surface area (Å²) >= 11 is 3.45. The van der Waals surface area contributed by atoms with Gasteiger partial charge in [0.05, 0.1) is 0 Å². The van der Waals surface area contributed by atoms with Crippen molar-refractivity contribution in [2.75, 3.05) is 0 Å². The molecule has 0 saturated carbocycles. The second kappa shape index (κ2) is 2.65. The van der Waals surface area contributed by atoms with Crippen molar-refractivity contribution in [3.05, 3.63) is 27.5 Å². The standard InChI is InChI=1S/C7H8BBr/c1-5-3-4-8-7(9)6(5)2/h3-4H,1-2H3. The van der Waals surface area contributed by atoms with Gasteiger partial charge < -0.3 is 0 Å². The fourth-order valence-corrected chi connectivity index (χ4v) is 1.18. The van der Waals surface area contributed by atoms with Crippen LogP contribution in [0.15, 0.2) is 16.4 Å². The van der Waals surface area contributed by atoms with Crippen molar-refractivity contribution < 1.29 is 0 Å². The Morgan fingerprint density at radius 2 is 2.11 bits per heavy atom. The van der Waals surface area contributed by atoms with E-state index in [-0.39, 0.29) is 0 Å². The maximum atomic E-state index is 3.45. The molecule has 1 aromatic heterocycles. The summed E-state index contributed by atoms with van der Waals surface area (Å²) in [5.41, 5.74) is 2.67. The Balaban J connectivity index is 3.25. The van der Waals surface area contributed by atoms with E-state index in [0.29, 0.717) is 0 Å². The van der Waals surface area contributed by atoms with Gasteiger partial charge in [-0.3, -0.25) is 0 Å². The minimum absolute atomic E-state index is 1.20. The predicted molar refractivity (Wildman–Crippen MR) is 45.0 cm³/mol. The van der Waals surface area contributed by atoms with Crippen LogP contribution in [0.25, 0.3) is 0 Å². The summed E-state index contributed by atoms with van der Waals surface area (Å²) in [6.07, 6.45) is 0. The second-order valence-electron chi connectivity index (χ2n) is 2.18. The zero-order valence-electron chi connectivity index (χ0n) is 5.61. The zero-order chi connectivity index (χ0) is 6.85. The summed E-state index contributed by atoms with van der Waals surface area (Å²) in [4.78, 5) is 0. The Kier molecular flexibility index (Phi) is 2.07.